The summed E-state index contributed by atoms with van der Waals surface area (Å²) in [6.07, 6.45) is 2.67. The van der Waals surface area contributed by atoms with E-state index in [1.807, 2.05) is 0 Å². The summed E-state index contributed by atoms with van der Waals surface area (Å²) < 4.78 is 7.41. The Balaban J connectivity index is 1.81. The molecule has 1 heterocycles. The van der Waals surface area contributed by atoms with Crippen molar-refractivity contribution in [2.75, 3.05) is 33.4 Å². The molecule has 2 N–H and O–H groups in total. The van der Waals surface area contributed by atoms with Crippen LogP contribution in [-0.4, -0.2) is 38.3 Å². The second-order valence-corrected chi connectivity index (χ2v) is 7.56. The molecule has 1 aromatic heterocycles. The predicted octanol–water partition coefficient (Wildman–Crippen LogP) is 3.52. The van der Waals surface area contributed by atoms with Gasteiger partial charge in [-0.3, -0.25) is 4.90 Å². The van der Waals surface area contributed by atoms with Crippen molar-refractivity contribution in [3.63, 3.8) is 0 Å². The van der Waals surface area contributed by atoms with E-state index in [1.165, 1.54) is 17.7 Å². The minimum Gasteiger partial charge on any atom is -0.380 e. The van der Waals surface area contributed by atoms with Crippen molar-refractivity contribution in [1.29, 1.82) is 0 Å². The number of nitrogens with two attached hydrogens (primary N) is 1. The highest BCUT2D eigenvalue weighted by molar-refractivity contribution is 9.10. The molecule has 19 heavy (non-hydrogen) atoms. The molecule has 0 bridgehead atoms. The van der Waals surface area contributed by atoms with E-state index in [1.54, 1.807) is 11.3 Å². The van der Waals surface area contributed by atoms with Gasteiger partial charge in [0.2, 0.25) is 0 Å². The summed E-state index contributed by atoms with van der Waals surface area (Å²) in [5.41, 5.74) is 5.89. The number of rotatable bonds is 8. The maximum Gasteiger partial charge on any atom is 0.107 e. The monoisotopic (exact) mass is 366 g/mol. The van der Waals surface area contributed by atoms with Crippen LogP contribution in [0, 0.1) is 5.92 Å². The molecule has 0 radical (unpaired) electrons. The van der Waals surface area contributed by atoms with Crippen molar-refractivity contribution in [3.05, 3.63) is 19.8 Å². The number of likely N-dealkylation sites (N-methyl/N-ethyl adjacent to an activating group) is 1. The van der Waals surface area contributed by atoms with Gasteiger partial charge < -0.3 is 10.5 Å². The second-order valence-electron chi connectivity index (χ2n) is 5.02. The van der Waals surface area contributed by atoms with Crippen molar-refractivity contribution in [1.82, 2.24) is 4.90 Å². The van der Waals surface area contributed by atoms with E-state index in [9.17, 15) is 0 Å². The summed E-state index contributed by atoms with van der Waals surface area (Å²) in [7, 11) is 2.08. The van der Waals surface area contributed by atoms with Crippen LogP contribution in [0.3, 0.4) is 0 Å². The zero-order valence-electron chi connectivity index (χ0n) is 11.1. The van der Waals surface area contributed by atoms with E-state index < -0.39 is 0 Å². The fourth-order valence-electron chi connectivity index (χ4n) is 1.94. The Kier molecular flexibility index (Phi) is 6.11. The van der Waals surface area contributed by atoms with E-state index >= 15 is 0 Å². The molecular formula is C13H20BrClN2OS. The molecule has 6 heteroatoms. The van der Waals surface area contributed by atoms with E-state index in [4.69, 9.17) is 22.1 Å². The highest BCUT2D eigenvalue weighted by Crippen LogP contribution is 2.36. The maximum atomic E-state index is 6.09. The normalized spacial score (nSPS) is 17.1. The van der Waals surface area contributed by atoms with Crippen molar-refractivity contribution in [2.24, 2.45) is 11.7 Å². The first kappa shape index (κ1) is 15.7. The van der Waals surface area contributed by atoms with Gasteiger partial charge >= 0.3 is 0 Å². The Morgan fingerprint density at radius 1 is 1.63 bits per heavy atom. The fourth-order valence-corrected chi connectivity index (χ4v) is 3.85. The van der Waals surface area contributed by atoms with Crippen molar-refractivity contribution in [3.8, 4) is 0 Å². The minimum absolute atomic E-state index is 0.207. The lowest BCUT2D eigenvalue weighted by atomic mass is 10.2. The Bertz CT molecular complexity index is 392. The van der Waals surface area contributed by atoms with Crippen LogP contribution in [0.25, 0.3) is 0 Å². The average Bonchev–Trinajstić information content (AvgIpc) is 3.13. The summed E-state index contributed by atoms with van der Waals surface area (Å²) in [5.74, 6) is 0.822. The molecule has 1 saturated carbocycles. The van der Waals surface area contributed by atoms with E-state index in [0.29, 0.717) is 6.54 Å². The van der Waals surface area contributed by atoms with Crippen LogP contribution in [0.2, 0.25) is 4.34 Å². The van der Waals surface area contributed by atoms with Crippen molar-refractivity contribution in [2.45, 2.75) is 18.9 Å². The van der Waals surface area contributed by atoms with E-state index in [0.717, 1.165) is 34.5 Å². The van der Waals surface area contributed by atoms with E-state index in [-0.39, 0.29) is 6.04 Å². The topological polar surface area (TPSA) is 38.5 Å². The molecule has 1 atom stereocenters. The van der Waals surface area contributed by atoms with Gasteiger partial charge in [-0.05, 0) is 47.8 Å². The van der Waals surface area contributed by atoms with Crippen molar-refractivity contribution < 1.29 is 4.74 Å². The van der Waals surface area contributed by atoms with Crippen LogP contribution >= 0.6 is 38.9 Å². The molecule has 0 aromatic carbocycles. The highest BCUT2D eigenvalue weighted by Gasteiger charge is 2.22. The molecule has 1 aliphatic rings. The van der Waals surface area contributed by atoms with Gasteiger partial charge in [0.25, 0.3) is 0 Å². The Morgan fingerprint density at radius 3 is 2.89 bits per heavy atom. The Labute approximate surface area is 132 Å². The standard InChI is InChI=1S/C13H20BrClN2OS/c1-17(4-5-18-8-9-2-3-9)11(7-16)12-6-10(14)13(15)19-12/h6,9,11H,2-5,7-8,16H2,1H3. The second kappa shape index (κ2) is 7.38. The first-order valence-corrected chi connectivity index (χ1v) is 8.53. The minimum atomic E-state index is 0.207. The molecule has 3 nitrogen and oxygen atoms in total. The first-order chi connectivity index (χ1) is 9.11. The number of hydrogen-bond donors (Lipinski definition) is 1. The zero-order valence-corrected chi connectivity index (χ0v) is 14.2. The molecule has 0 amide bonds. The number of halogens is 2. The quantitative estimate of drug-likeness (QED) is 0.714. The Morgan fingerprint density at radius 2 is 2.37 bits per heavy atom. The van der Waals surface area contributed by atoms with Gasteiger partial charge in [0, 0.05) is 29.0 Å². The average molecular weight is 368 g/mol. The zero-order chi connectivity index (χ0) is 13.8. The summed E-state index contributed by atoms with van der Waals surface area (Å²) in [6.45, 7) is 3.16. The molecule has 0 aliphatic heterocycles. The van der Waals surface area contributed by atoms with Gasteiger partial charge in [-0.2, -0.15) is 0 Å². The highest BCUT2D eigenvalue weighted by atomic mass is 79.9. The van der Waals surface area contributed by atoms with Gasteiger partial charge in [0.1, 0.15) is 4.34 Å². The predicted molar refractivity (Wildman–Crippen MR) is 85.0 cm³/mol. The van der Waals surface area contributed by atoms with Crippen LogP contribution < -0.4 is 5.73 Å². The van der Waals surface area contributed by atoms with Gasteiger partial charge in [-0.25, -0.2) is 0 Å². The summed E-state index contributed by atoms with van der Waals surface area (Å²) in [6, 6.07) is 2.27. The van der Waals surface area contributed by atoms with Gasteiger partial charge in [0.05, 0.1) is 12.6 Å². The molecular weight excluding hydrogens is 348 g/mol. The molecule has 108 valence electrons. The summed E-state index contributed by atoms with van der Waals surface area (Å²) in [4.78, 5) is 3.44. The maximum absolute atomic E-state index is 6.09. The molecule has 1 aliphatic carbocycles. The number of hydrogen-bond acceptors (Lipinski definition) is 4. The fraction of sp³-hybridized carbons (Fsp3) is 0.692. The summed E-state index contributed by atoms with van der Waals surface area (Å²) >= 11 is 11.1. The van der Waals surface area contributed by atoms with Crippen LogP contribution in [-0.2, 0) is 4.74 Å². The third kappa shape index (κ3) is 4.69. The van der Waals surface area contributed by atoms with Crippen molar-refractivity contribution >= 4 is 38.9 Å². The molecule has 0 saturated heterocycles. The molecule has 0 spiro atoms. The molecule has 1 aromatic rings. The number of nitrogens with zero attached hydrogens (tertiary/aromatic N) is 1. The Hall–Kier alpha value is 0.350. The lowest BCUT2D eigenvalue weighted by Crippen LogP contribution is -2.32. The number of ether oxygens (including phenoxy) is 1. The molecule has 1 fully saturated rings. The van der Waals surface area contributed by atoms with Gasteiger partial charge in [-0.15, -0.1) is 11.3 Å². The lowest BCUT2D eigenvalue weighted by Gasteiger charge is -2.25. The molecule has 1 unspecified atom stereocenters. The lowest BCUT2D eigenvalue weighted by molar-refractivity contribution is 0.0927. The van der Waals surface area contributed by atoms with Crippen LogP contribution in [0.15, 0.2) is 10.5 Å². The molecule has 2 rings (SSSR count). The third-order valence-electron chi connectivity index (χ3n) is 3.39. The largest absolute Gasteiger partial charge is 0.380 e. The van der Waals surface area contributed by atoms with Crippen LogP contribution in [0.5, 0.6) is 0 Å². The van der Waals surface area contributed by atoms with Crippen LogP contribution in [0.4, 0.5) is 0 Å². The SMILES string of the molecule is CN(CCOCC1CC1)C(CN)c1cc(Br)c(Cl)s1. The number of thiophene rings is 1. The smallest absolute Gasteiger partial charge is 0.107 e. The van der Waals surface area contributed by atoms with E-state index in [2.05, 4.69) is 33.9 Å². The summed E-state index contributed by atoms with van der Waals surface area (Å²) in [5, 5.41) is 0. The third-order valence-corrected chi connectivity index (χ3v) is 5.96. The first-order valence-electron chi connectivity index (χ1n) is 6.54. The van der Waals surface area contributed by atoms with Gasteiger partial charge in [0.15, 0.2) is 0 Å². The van der Waals surface area contributed by atoms with Gasteiger partial charge in [-0.1, -0.05) is 11.6 Å². The van der Waals surface area contributed by atoms with Crippen LogP contribution in [0.1, 0.15) is 23.8 Å².